The Labute approximate surface area is 75.3 Å². The van der Waals surface area contributed by atoms with Crippen molar-refractivity contribution in [1.29, 1.82) is 0 Å². The third-order valence-corrected chi connectivity index (χ3v) is 1.52. The molecule has 0 aromatic carbocycles. The van der Waals surface area contributed by atoms with Crippen LogP contribution < -0.4 is 0 Å². The summed E-state index contributed by atoms with van der Waals surface area (Å²) in [6.45, 7) is 3.24. The van der Waals surface area contributed by atoms with Crippen molar-refractivity contribution in [3.8, 4) is 0 Å². The Morgan fingerprint density at radius 3 is 2.46 bits per heavy atom. The Hall–Kier alpha value is -1.32. The SMILES string of the molecule is C/C=C/C(F)(F)c1ccc(C)nn1. The first-order valence-electron chi connectivity index (χ1n) is 3.89. The van der Waals surface area contributed by atoms with Crippen LogP contribution in [0.4, 0.5) is 8.78 Å². The summed E-state index contributed by atoms with van der Waals surface area (Å²) in [5.41, 5.74) is 0.302. The van der Waals surface area contributed by atoms with Crippen molar-refractivity contribution in [2.75, 3.05) is 0 Å². The molecule has 70 valence electrons. The molecule has 1 heterocycles. The van der Waals surface area contributed by atoms with Crippen LogP contribution in [0.5, 0.6) is 0 Å². The highest BCUT2D eigenvalue weighted by Gasteiger charge is 2.29. The zero-order valence-electron chi connectivity index (χ0n) is 7.46. The molecule has 13 heavy (non-hydrogen) atoms. The predicted octanol–water partition coefficient (Wildman–Crippen LogP) is 2.45. The van der Waals surface area contributed by atoms with E-state index >= 15 is 0 Å². The van der Waals surface area contributed by atoms with Crippen LogP contribution >= 0.6 is 0 Å². The lowest BCUT2D eigenvalue weighted by atomic mass is 10.2. The van der Waals surface area contributed by atoms with Gasteiger partial charge in [-0.2, -0.15) is 13.9 Å². The van der Waals surface area contributed by atoms with Crippen LogP contribution in [0.25, 0.3) is 0 Å². The van der Waals surface area contributed by atoms with Gasteiger partial charge in [0.1, 0.15) is 5.69 Å². The Morgan fingerprint density at radius 1 is 1.31 bits per heavy atom. The van der Waals surface area contributed by atoms with E-state index in [-0.39, 0.29) is 5.69 Å². The molecular formula is C9H10F2N2. The van der Waals surface area contributed by atoms with E-state index in [9.17, 15) is 8.78 Å². The zero-order chi connectivity index (χ0) is 9.90. The van der Waals surface area contributed by atoms with Crippen LogP contribution in [-0.2, 0) is 5.92 Å². The number of alkyl halides is 2. The van der Waals surface area contributed by atoms with E-state index in [1.54, 1.807) is 6.92 Å². The first-order chi connectivity index (χ1) is 6.06. The maximum atomic E-state index is 13.1. The minimum atomic E-state index is -3.02. The fourth-order valence-electron chi connectivity index (χ4n) is 0.871. The second-order valence-electron chi connectivity index (χ2n) is 2.68. The lowest BCUT2D eigenvalue weighted by molar-refractivity contribution is 0.0460. The van der Waals surface area contributed by atoms with Crippen molar-refractivity contribution >= 4 is 0 Å². The van der Waals surface area contributed by atoms with Gasteiger partial charge in [0.15, 0.2) is 0 Å². The van der Waals surface area contributed by atoms with Gasteiger partial charge in [0, 0.05) is 0 Å². The highest BCUT2D eigenvalue weighted by Crippen LogP contribution is 2.26. The van der Waals surface area contributed by atoms with Crippen LogP contribution in [0.2, 0.25) is 0 Å². The number of allylic oxidation sites excluding steroid dienone is 2. The van der Waals surface area contributed by atoms with Crippen molar-refractivity contribution < 1.29 is 8.78 Å². The normalized spacial score (nSPS) is 12.3. The lowest BCUT2D eigenvalue weighted by Crippen LogP contribution is -2.12. The second-order valence-corrected chi connectivity index (χ2v) is 2.68. The monoisotopic (exact) mass is 184 g/mol. The van der Waals surface area contributed by atoms with E-state index in [1.807, 2.05) is 0 Å². The molecule has 0 aliphatic rings. The Kier molecular flexibility index (Phi) is 2.70. The highest BCUT2D eigenvalue weighted by molar-refractivity contribution is 5.16. The summed E-state index contributed by atoms with van der Waals surface area (Å²) in [5.74, 6) is -3.02. The lowest BCUT2D eigenvalue weighted by Gasteiger charge is -2.09. The maximum Gasteiger partial charge on any atom is 0.309 e. The molecule has 0 amide bonds. The molecule has 0 N–H and O–H groups in total. The molecule has 0 unspecified atom stereocenters. The van der Waals surface area contributed by atoms with E-state index in [0.717, 1.165) is 6.08 Å². The molecule has 0 aliphatic carbocycles. The van der Waals surface area contributed by atoms with Crippen LogP contribution in [0.1, 0.15) is 18.3 Å². The molecule has 0 spiro atoms. The standard InChI is InChI=1S/C9H10F2N2/c1-3-6-9(10,11)8-5-4-7(2)12-13-8/h3-6H,1-2H3/b6-3+. The molecule has 0 fully saturated rings. The van der Waals surface area contributed by atoms with Crippen LogP contribution in [0.15, 0.2) is 24.3 Å². The summed E-state index contributed by atoms with van der Waals surface area (Å²) in [5, 5.41) is 6.98. The third kappa shape index (κ3) is 2.31. The largest absolute Gasteiger partial charge is 0.309 e. The van der Waals surface area contributed by atoms with Crippen LogP contribution in [0.3, 0.4) is 0 Å². The van der Waals surface area contributed by atoms with Crippen LogP contribution in [-0.4, -0.2) is 10.2 Å². The van der Waals surface area contributed by atoms with Crippen molar-refractivity contribution in [3.63, 3.8) is 0 Å². The zero-order valence-corrected chi connectivity index (χ0v) is 7.46. The van der Waals surface area contributed by atoms with Gasteiger partial charge in [-0.05, 0) is 32.1 Å². The molecular weight excluding hydrogens is 174 g/mol. The van der Waals surface area contributed by atoms with E-state index < -0.39 is 5.92 Å². The number of rotatable bonds is 2. The average molecular weight is 184 g/mol. The van der Waals surface area contributed by atoms with Gasteiger partial charge in [0.05, 0.1) is 5.69 Å². The summed E-state index contributed by atoms with van der Waals surface area (Å²) in [7, 11) is 0. The van der Waals surface area contributed by atoms with Crippen molar-refractivity contribution in [2.24, 2.45) is 0 Å². The quantitative estimate of drug-likeness (QED) is 0.660. The van der Waals surface area contributed by atoms with Gasteiger partial charge in [-0.1, -0.05) is 6.08 Å². The molecule has 0 atom stereocenters. The maximum absolute atomic E-state index is 13.1. The molecule has 0 aliphatic heterocycles. The molecule has 0 saturated carbocycles. The van der Waals surface area contributed by atoms with Crippen molar-refractivity contribution in [3.05, 3.63) is 35.7 Å². The number of aryl methyl sites for hydroxylation is 1. The molecule has 1 aromatic heterocycles. The molecule has 0 saturated heterocycles. The summed E-state index contributed by atoms with van der Waals surface area (Å²) in [6, 6.07) is 2.79. The summed E-state index contributed by atoms with van der Waals surface area (Å²) < 4.78 is 26.2. The Balaban J connectivity index is 3.00. The predicted molar refractivity (Wildman–Crippen MR) is 45.5 cm³/mol. The van der Waals surface area contributed by atoms with E-state index in [2.05, 4.69) is 10.2 Å². The molecule has 2 nitrogen and oxygen atoms in total. The van der Waals surface area contributed by atoms with Crippen LogP contribution in [0, 0.1) is 6.92 Å². The van der Waals surface area contributed by atoms with Gasteiger partial charge in [-0.15, -0.1) is 5.10 Å². The van der Waals surface area contributed by atoms with Crippen molar-refractivity contribution in [2.45, 2.75) is 19.8 Å². The molecule has 1 aromatic rings. The number of nitrogens with zero attached hydrogens (tertiary/aromatic N) is 2. The van der Waals surface area contributed by atoms with E-state index in [4.69, 9.17) is 0 Å². The van der Waals surface area contributed by atoms with E-state index in [1.165, 1.54) is 25.1 Å². The number of halogens is 2. The van der Waals surface area contributed by atoms with Gasteiger partial charge in [-0.3, -0.25) is 0 Å². The van der Waals surface area contributed by atoms with Gasteiger partial charge >= 0.3 is 5.92 Å². The first kappa shape index (κ1) is 9.77. The number of hydrogen-bond acceptors (Lipinski definition) is 2. The summed E-state index contributed by atoms with van der Waals surface area (Å²) in [4.78, 5) is 0. The van der Waals surface area contributed by atoms with Gasteiger partial charge in [-0.25, -0.2) is 0 Å². The average Bonchev–Trinajstić information content (AvgIpc) is 2.05. The molecule has 0 bridgehead atoms. The molecule has 0 radical (unpaired) electrons. The summed E-state index contributed by atoms with van der Waals surface area (Å²) in [6.07, 6.45) is 2.09. The summed E-state index contributed by atoms with van der Waals surface area (Å²) >= 11 is 0. The van der Waals surface area contributed by atoms with E-state index in [0.29, 0.717) is 5.69 Å². The topological polar surface area (TPSA) is 25.8 Å². The minimum Gasteiger partial charge on any atom is -0.195 e. The van der Waals surface area contributed by atoms with Gasteiger partial charge in [0.2, 0.25) is 0 Å². The van der Waals surface area contributed by atoms with Crippen molar-refractivity contribution in [1.82, 2.24) is 10.2 Å². The minimum absolute atomic E-state index is 0.323. The third-order valence-electron chi connectivity index (χ3n) is 1.52. The smallest absolute Gasteiger partial charge is 0.195 e. The van der Waals surface area contributed by atoms with Gasteiger partial charge in [0.25, 0.3) is 0 Å². The molecule has 4 heteroatoms. The highest BCUT2D eigenvalue weighted by atomic mass is 19.3. The first-order valence-corrected chi connectivity index (χ1v) is 3.89. The molecule has 1 rings (SSSR count). The number of hydrogen-bond donors (Lipinski definition) is 0. The number of aromatic nitrogens is 2. The second kappa shape index (κ2) is 3.60. The Morgan fingerprint density at radius 2 is 2.00 bits per heavy atom. The van der Waals surface area contributed by atoms with Gasteiger partial charge < -0.3 is 0 Å². The fourth-order valence-corrected chi connectivity index (χ4v) is 0.871. The Bertz CT molecular complexity index is 304. The fraction of sp³-hybridized carbons (Fsp3) is 0.333.